The van der Waals surface area contributed by atoms with E-state index in [0.29, 0.717) is 6.42 Å². The fourth-order valence-electron chi connectivity index (χ4n) is 3.39. The van der Waals surface area contributed by atoms with Crippen molar-refractivity contribution in [2.75, 3.05) is 0 Å². The maximum Gasteiger partial charge on any atom is 0.170 e. The molecule has 0 saturated heterocycles. The number of aliphatic hydroxyl groups excluding tert-OH is 1. The summed E-state index contributed by atoms with van der Waals surface area (Å²) in [7, 11) is 0. The van der Waals surface area contributed by atoms with Crippen LogP contribution in [0.1, 0.15) is 40.5 Å². The van der Waals surface area contributed by atoms with Crippen molar-refractivity contribution in [3.8, 4) is 0 Å². The van der Waals surface area contributed by atoms with E-state index in [1.165, 1.54) is 11.6 Å². The molecule has 3 nitrogen and oxygen atoms in total. The Morgan fingerprint density at radius 3 is 2.63 bits per heavy atom. The molecule has 2 rings (SSSR count). The van der Waals surface area contributed by atoms with Gasteiger partial charge in [-0.05, 0) is 38.0 Å². The number of carbonyl (C=O) groups excluding carboxylic acids is 2. The van der Waals surface area contributed by atoms with E-state index in [4.69, 9.17) is 0 Å². The Balaban J connectivity index is 2.37. The largest absolute Gasteiger partial charge is 0.511 e. The van der Waals surface area contributed by atoms with Crippen molar-refractivity contribution >= 4 is 11.6 Å². The first-order valence-electron chi connectivity index (χ1n) is 6.86. The molecule has 1 saturated carbocycles. The van der Waals surface area contributed by atoms with Crippen LogP contribution in [0.15, 0.2) is 23.5 Å². The minimum absolute atomic E-state index is 0.0380. The molecule has 1 N–H and O–H groups in total. The number of hydrogen-bond donors (Lipinski definition) is 1. The molecule has 0 aliphatic heterocycles. The number of fused-ring (bicyclic) bond motifs is 2. The zero-order chi connectivity index (χ0) is 14.4. The molecule has 3 unspecified atom stereocenters. The molecule has 0 amide bonds. The summed E-state index contributed by atoms with van der Waals surface area (Å²) in [6.07, 6.45) is 4.91. The highest BCUT2D eigenvalue weighted by molar-refractivity contribution is 6.13. The van der Waals surface area contributed by atoms with Gasteiger partial charge in [-0.3, -0.25) is 9.59 Å². The van der Waals surface area contributed by atoms with Gasteiger partial charge in [0.1, 0.15) is 5.76 Å². The number of allylic oxidation sites excluding steroid dienone is 4. The van der Waals surface area contributed by atoms with Crippen molar-refractivity contribution in [3.63, 3.8) is 0 Å². The molecule has 2 bridgehead atoms. The lowest BCUT2D eigenvalue weighted by atomic mass is 9.54. The predicted octanol–water partition coefficient (Wildman–Crippen LogP) is 3.21. The quantitative estimate of drug-likeness (QED) is 0.614. The van der Waals surface area contributed by atoms with Crippen LogP contribution in [0.25, 0.3) is 0 Å². The van der Waals surface area contributed by atoms with E-state index in [0.717, 1.165) is 6.42 Å². The van der Waals surface area contributed by atoms with Gasteiger partial charge in [0, 0.05) is 6.08 Å². The first kappa shape index (κ1) is 14.0. The van der Waals surface area contributed by atoms with Crippen LogP contribution in [0, 0.1) is 23.2 Å². The highest BCUT2D eigenvalue weighted by atomic mass is 16.3. The summed E-state index contributed by atoms with van der Waals surface area (Å²) >= 11 is 0. The zero-order valence-electron chi connectivity index (χ0n) is 12.1. The number of aliphatic hydroxyl groups is 1. The smallest absolute Gasteiger partial charge is 0.170 e. The van der Waals surface area contributed by atoms with Crippen LogP contribution >= 0.6 is 0 Å². The van der Waals surface area contributed by atoms with E-state index in [1.807, 2.05) is 27.7 Å². The second kappa shape index (κ2) is 4.62. The Labute approximate surface area is 114 Å². The third kappa shape index (κ3) is 2.26. The van der Waals surface area contributed by atoms with Gasteiger partial charge < -0.3 is 5.11 Å². The van der Waals surface area contributed by atoms with Gasteiger partial charge in [0.15, 0.2) is 11.6 Å². The van der Waals surface area contributed by atoms with Crippen molar-refractivity contribution in [3.05, 3.63) is 23.5 Å². The van der Waals surface area contributed by atoms with Crippen LogP contribution in [0.3, 0.4) is 0 Å². The summed E-state index contributed by atoms with van der Waals surface area (Å²) in [5, 5.41) is 9.83. The first-order chi connectivity index (χ1) is 8.75. The number of hydrogen-bond acceptors (Lipinski definition) is 3. The van der Waals surface area contributed by atoms with E-state index < -0.39 is 11.8 Å². The SMILES string of the molecule is CC(C)=CCC1CC2C(=O)C(C(=O)C=C2O)C1(C)C. The highest BCUT2D eigenvalue weighted by Crippen LogP contribution is 2.50. The molecule has 3 heteroatoms. The maximum atomic E-state index is 12.3. The van der Waals surface area contributed by atoms with Crippen LogP contribution in [0.2, 0.25) is 0 Å². The maximum absolute atomic E-state index is 12.3. The van der Waals surface area contributed by atoms with Gasteiger partial charge in [0.2, 0.25) is 0 Å². The summed E-state index contributed by atoms with van der Waals surface area (Å²) in [6.45, 7) is 8.10. The zero-order valence-corrected chi connectivity index (χ0v) is 12.1. The summed E-state index contributed by atoms with van der Waals surface area (Å²) in [5.74, 6) is -1.17. The second-order valence-corrected chi connectivity index (χ2v) is 6.63. The average molecular weight is 262 g/mol. The van der Waals surface area contributed by atoms with Crippen LogP contribution < -0.4 is 0 Å². The molecule has 0 aromatic rings. The fourth-order valence-corrected chi connectivity index (χ4v) is 3.39. The molecule has 1 fully saturated rings. The number of rotatable bonds is 2. The molecule has 2 aliphatic rings. The Morgan fingerprint density at radius 2 is 2.05 bits per heavy atom. The van der Waals surface area contributed by atoms with Crippen LogP contribution in [0.4, 0.5) is 0 Å². The van der Waals surface area contributed by atoms with Gasteiger partial charge in [-0.15, -0.1) is 0 Å². The molecular formula is C16H22O3. The summed E-state index contributed by atoms with van der Waals surface area (Å²) in [4.78, 5) is 24.3. The minimum atomic E-state index is -0.585. The van der Waals surface area contributed by atoms with Crippen molar-refractivity contribution in [2.24, 2.45) is 23.2 Å². The predicted molar refractivity (Wildman–Crippen MR) is 73.6 cm³/mol. The molecule has 0 aromatic carbocycles. The summed E-state index contributed by atoms with van der Waals surface area (Å²) < 4.78 is 0. The Bertz CT molecular complexity index is 478. The van der Waals surface area contributed by atoms with Gasteiger partial charge in [0.05, 0.1) is 11.8 Å². The van der Waals surface area contributed by atoms with Crippen LogP contribution in [0.5, 0.6) is 0 Å². The van der Waals surface area contributed by atoms with Gasteiger partial charge in [0.25, 0.3) is 0 Å². The summed E-state index contributed by atoms with van der Waals surface area (Å²) in [5.41, 5.74) is 0.900. The first-order valence-corrected chi connectivity index (χ1v) is 6.86. The standard InChI is InChI=1S/C16H22O3/c1-9(2)5-6-10-7-11-12(17)8-13(18)14(15(11)19)16(10,3)4/h5,8,10-11,14,17H,6-7H2,1-4H3. The monoisotopic (exact) mass is 262 g/mol. The van der Waals surface area contributed by atoms with Gasteiger partial charge >= 0.3 is 0 Å². The third-order valence-electron chi connectivity index (χ3n) is 4.69. The highest BCUT2D eigenvalue weighted by Gasteiger charge is 2.54. The Kier molecular flexibility index (Phi) is 3.41. The van der Waals surface area contributed by atoms with E-state index in [1.54, 1.807) is 0 Å². The average Bonchev–Trinajstić information content (AvgIpc) is 2.24. The number of Topliss-reactive ketones (excluding diaryl/α,β-unsaturated/α-hetero) is 1. The molecule has 19 heavy (non-hydrogen) atoms. The third-order valence-corrected chi connectivity index (χ3v) is 4.69. The van der Waals surface area contributed by atoms with E-state index >= 15 is 0 Å². The molecule has 3 atom stereocenters. The molecule has 0 spiro atoms. The van der Waals surface area contributed by atoms with E-state index in [9.17, 15) is 14.7 Å². The lowest BCUT2D eigenvalue weighted by Gasteiger charge is -2.47. The molecule has 2 aliphatic carbocycles. The number of ketones is 2. The van der Waals surface area contributed by atoms with Gasteiger partial charge in [-0.2, -0.15) is 0 Å². The molecule has 104 valence electrons. The normalized spacial score (nSPS) is 32.8. The van der Waals surface area contributed by atoms with E-state index in [2.05, 4.69) is 6.08 Å². The molecule has 0 aromatic heterocycles. The Morgan fingerprint density at radius 1 is 1.42 bits per heavy atom. The Hall–Kier alpha value is -1.38. The van der Waals surface area contributed by atoms with Crippen molar-refractivity contribution in [1.82, 2.24) is 0 Å². The lowest BCUT2D eigenvalue weighted by molar-refractivity contribution is -0.146. The van der Waals surface area contributed by atoms with Crippen molar-refractivity contribution < 1.29 is 14.7 Å². The fraction of sp³-hybridized carbons (Fsp3) is 0.625. The number of carbonyl (C=O) groups is 2. The van der Waals surface area contributed by atoms with Crippen LogP contribution in [-0.2, 0) is 9.59 Å². The van der Waals surface area contributed by atoms with Crippen molar-refractivity contribution in [1.29, 1.82) is 0 Å². The molecule has 0 heterocycles. The molecule has 0 radical (unpaired) electrons. The summed E-state index contributed by atoms with van der Waals surface area (Å²) in [6, 6.07) is 0. The van der Waals surface area contributed by atoms with Crippen LogP contribution in [-0.4, -0.2) is 16.7 Å². The molecular weight excluding hydrogens is 240 g/mol. The van der Waals surface area contributed by atoms with Crippen molar-refractivity contribution in [2.45, 2.75) is 40.5 Å². The second-order valence-electron chi connectivity index (χ2n) is 6.63. The minimum Gasteiger partial charge on any atom is -0.511 e. The topological polar surface area (TPSA) is 54.4 Å². The van der Waals surface area contributed by atoms with Gasteiger partial charge in [-0.25, -0.2) is 0 Å². The lowest BCUT2D eigenvalue weighted by Crippen LogP contribution is -2.52. The van der Waals surface area contributed by atoms with Gasteiger partial charge in [-0.1, -0.05) is 25.5 Å². The van der Waals surface area contributed by atoms with E-state index in [-0.39, 0.29) is 28.7 Å².